The van der Waals surface area contributed by atoms with Gasteiger partial charge in [0.25, 0.3) is 0 Å². The number of rotatable bonds is 8. The van der Waals surface area contributed by atoms with Gasteiger partial charge >= 0.3 is 0 Å². The minimum Gasteiger partial charge on any atom is -0.126 e. The summed E-state index contributed by atoms with van der Waals surface area (Å²) < 4.78 is 0. The van der Waals surface area contributed by atoms with Gasteiger partial charge in [-0.2, -0.15) is 0 Å². The Bertz CT molecular complexity index is 202. The maximum Gasteiger partial charge on any atom is 0.0280 e. The van der Waals surface area contributed by atoms with Gasteiger partial charge in [0.2, 0.25) is 0 Å². The van der Waals surface area contributed by atoms with Crippen LogP contribution in [-0.2, 0) is 0 Å². The average molecular weight is 273 g/mol. The standard InChI is InChI=1S/C17H33Cl/c1-4-5-8-16-9-12-17(14-18,13-10-16)11-6-7-15(2)3/h15-16H,4-14H2,1-3H3. The highest BCUT2D eigenvalue weighted by Crippen LogP contribution is 2.44. The van der Waals surface area contributed by atoms with E-state index in [1.54, 1.807) is 0 Å². The van der Waals surface area contributed by atoms with Gasteiger partial charge in [0.1, 0.15) is 0 Å². The molecule has 18 heavy (non-hydrogen) atoms. The number of hydrogen-bond acceptors (Lipinski definition) is 0. The summed E-state index contributed by atoms with van der Waals surface area (Å²) in [5, 5.41) is 0. The molecule has 0 radical (unpaired) electrons. The highest BCUT2D eigenvalue weighted by atomic mass is 35.5. The second kappa shape index (κ2) is 8.46. The van der Waals surface area contributed by atoms with Crippen molar-refractivity contribution in [2.45, 2.75) is 85.0 Å². The van der Waals surface area contributed by atoms with Crippen LogP contribution in [0.1, 0.15) is 85.0 Å². The molecule has 0 atom stereocenters. The van der Waals surface area contributed by atoms with E-state index < -0.39 is 0 Å². The molecule has 0 aromatic heterocycles. The van der Waals surface area contributed by atoms with Crippen molar-refractivity contribution < 1.29 is 0 Å². The molecule has 0 saturated heterocycles. The van der Waals surface area contributed by atoms with E-state index in [0.717, 1.165) is 17.7 Å². The van der Waals surface area contributed by atoms with Crippen LogP contribution in [-0.4, -0.2) is 5.88 Å². The second-order valence-electron chi connectivity index (χ2n) is 7.01. The lowest BCUT2D eigenvalue weighted by Crippen LogP contribution is -2.29. The summed E-state index contributed by atoms with van der Waals surface area (Å²) in [6, 6.07) is 0. The Morgan fingerprint density at radius 2 is 1.83 bits per heavy atom. The molecule has 0 aromatic rings. The average Bonchev–Trinajstić information content (AvgIpc) is 2.37. The van der Waals surface area contributed by atoms with E-state index >= 15 is 0 Å². The van der Waals surface area contributed by atoms with E-state index in [-0.39, 0.29) is 0 Å². The Morgan fingerprint density at radius 1 is 1.17 bits per heavy atom. The zero-order valence-corrected chi connectivity index (χ0v) is 13.6. The summed E-state index contributed by atoms with van der Waals surface area (Å²) in [5.41, 5.74) is 0.499. The minimum absolute atomic E-state index is 0.499. The van der Waals surface area contributed by atoms with Crippen LogP contribution >= 0.6 is 11.6 Å². The molecule has 0 nitrogen and oxygen atoms in total. The summed E-state index contributed by atoms with van der Waals surface area (Å²) in [4.78, 5) is 0. The molecule has 1 aliphatic carbocycles. The highest BCUT2D eigenvalue weighted by Gasteiger charge is 2.33. The van der Waals surface area contributed by atoms with Crippen molar-refractivity contribution in [2.75, 3.05) is 5.88 Å². The summed E-state index contributed by atoms with van der Waals surface area (Å²) in [6.07, 6.45) is 14.0. The molecule has 108 valence electrons. The number of alkyl halides is 1. The number of unbranched alkanes of at least 4 members (excludes halogenated alkanes) is 1. The van der Waals surface area contributed by atoms with Crippen LogP contribution in [0.15, 0.2) is 0 Å². The first-order valence-corrected chi connectivity index (χ1v) is 8.71. The molecule has 0 aromatic carbocycles. The van der Waals surface area contributed by atoms with Crippen LogP contribution < -0.4 is 0 Å². The largest absolute Gasteiger partial charge is 0.126 e. The molecular weight excluding hydrogens is 240 g/mol. The molecule has 0 aliphatic heterocycles. The molecule has 0 amide bonds. The van der Waals surface area contributed by atoms with Crippen LogP contribution in [0.2, 0.25) is 0 Å². The normalized spacial score (nSPS) is 28.8. The van der Waals surface area contributed by atoms with E-state index in [4.69, 9.17) is 11.6 Å². The van der Waals surface area contributed by atoms with Crippen LogP contribution in [0.25, 0.3) is 0 Å². The van der Waals surface area contributed by atoms with Gasteiger partial charge in [-0.15, -0.1) is 11.6 Å². The number of halogens is 1. The van der Waals surface area contributed by atoms with Crippen molar-refractivity contribution in [1.82, 2.24) is 0 Å². The summed E-state index contributed by atoms with van der Waals surface area (Å²) in [6.45, 7) is 6.96. The second-order valence-corrected chi connectivity index (χ2v) is 7.27. The van der Waals surface area contributed by atoms with Gasteiger partial charge in [-0.3, -0.25) is 0 Å². The molecule has 0 spiro atoms. The monoisotopic (exact) mass is 272 g/mol. The Labute approximate surface area is 120 Å². The highest BCUT2D eigenvalue weighted by molar-refractivity contribution is 6.18. The van der Waals surface area contributed by atoms with Gasteiger partial charge in [-0.25, -0.2) is 0 Å². The molecule has 0 N–H and O–H groups in total. The quantitative estimate of drug-likeness (QED) is 0.447. The van der Waals surface area contributed by atoms with E-state index in [0.29, 0.717) is 5.41 Å². The van der Waals surface area contributed by atoms with Crippen molar-refractivity contribution in [1.29, 1.82) is 0 Å². The van der Waals surface area contributed by atoms with Gasteiger partial charge in [-0.05, 0) is 49.4 Å². The predicted molar refractivity (Wildman–Crippen MR) is 83.3 cm³/mol. The molecule has 1 fully saturated rings. The lowest BCUT2D eigenvalue weighted by atomic mass is 9.68. The first-order valence-electron chi connectivity index (χ1n) is 8.18. The Balaban J connectivity index is 2.30. The third kappa shape index (κ3) is 5.51. The van der Waals surface area contributed by atoms with Gasteiger partial charge in [0.05, 0.1) is 0 Å². The molecule has 0 heterocycles. The van der Waals surface area contributed by atoms with Gasteiger partial charge in [0, 0.05) is 5.88 Å². The maximum atomic E-state index is 6.30. The lowest BCUT2D eigenvalue weighted by Gasteiger charge is -2.39. The molecule has 0 unspecified atom stereocenters. The van der Waals surface area contributed by atoms with Crippen molar-refractivity contribution in [3.05, 3.63) is 0 Å². The fourth-order valence-electron chi connectivity index (χ4n) is 3.41. The summed E-state index contributed by atoms with van der Waals surface area (Å²) in [7, 11) is 0. The Kier molecular flexibility index (Phi) is 7.68. The molecule has 1 saturated carbocycles. The first kappa shape index (κ1) is 16.3. The van der Waals surface area contributed by atoms with Crippen LogP contribution in [0.3, 0.4) is 0 Å². The fourth-order valence-corrected chi connectivity index (χ4v) is 3.81. The summed E-state index contributed by atoms with van der Waals surface area (Å²) >= 11 is 6.30. The van der Waals surface area contributed by atoms with Crippen molar-refractivity contribution in [3.8, 4) is 0 Å². The van der Waals surface area contributed by atoms with Crippen molar-refractivity contribution in [3.63, 3.8) is 0 Å². The zero-order valence-electron chi connectivity index (χ0n) is 12.8. The first-order chi connectivity index (χ1) is 8.62. The molecule has 1 heteroatoms. The van der Waals surface area contributed by atoms with Gasteiger partial charge in [-0.1, -0.05) is 52.9 Å². The Hall–Kier alpha value is 0.290. The van der Waals surface area contributed by atoms with Crippen LogP contribution in [0.5, 0.6) is 0 Å². The van der Waals surface area contributed by atoms with E-state index in [1.807, 2.05) is 0 Å². The summed E-state index contributed by atoms with van der Waals surface area (Å²) in [5.74, 6) is 2.75. The maximum absolute atomic E-state index is 6.30. The van der Waals surface area contributed by atoms with Gasteiger partial charge < -0.3 is 0 Å². The zero-order chi connectivity index (χ0) is 13.4. The predicted octanol–water partition coefficient (Wildman–Crippen LogP) is 6.42. The smallest absolute Gasteiger partial charge is 0.0280 e. The van der Waals surface area contributed by atoms with E-state index in [2.05, 4.69) is 20.8 Å². The fraction of sp³-hybridized carbons (Fsp3) is 1.00. The molecular formula is C17H33Cl. The van der Waals surface area contributed by atoms with E-state index in [9.17, 15) is 0 Å². The van der Waals surface area contributed by atoms with Crippen LogP contribution in [0, 0.1) is 17.3 Å². The molecule has 1 rings (SSSR count). The SMILES string of the molecule is CCCCC1CCC(CCl)(CCCC(C)C)CC1. The van der Waals surface area contributed by atoms with Crippen molar-refractivity contribution in [2.24, 2.45) is 17.3 Å². The topological polar surface area (TPSA) is 0 Å². The number of hydrogen-bond donors (Lipinski definition) is 0. The van der Waals surface area contributed by atoms with Gasteiger partial charge in [0.15, 0.2) is 0 Å². The van der Waals surface area contributed by atoms with Crippen LogP contribution in [0.4, 0.5) is 0 Å². The molecule has 1 aliphatic rings. The van der Waals surface area contributed by atoms with E-state index in [1.165, 1.54) is 64.2 Å². The minimum atomic E-state index is 0.499. The third-order valence-corrected chi connectivity index (χ3v) is 5.47. The Morgan fingerprint density at radius 3 is 2.33 bits per heavy atom. The van der Waals surface area contributed by atoms with Crippen molar-refractivity contribution >= 4 is 11.6 Å². The third-order valence-electron chi connectivity index (χ3n) is 4.90. The lowest BCUT2D eigenvalue weighted by molar-refractivity contribution is 0.149. The molecule has 0 bridgehead atoms.